The third kappa shape index (κ3) is 3.50. The minimum Gasteiger partial charge on any atom is -0.435 e. The van der Waals surface area contributed by atoms with E-state index in [1.165, 1.54) is 12.1 Å². The van der Waals surface area contributed by atoms with Crippen LogP contribution in [0.3, 0.4) is 0 Å². The highest BCUT2D eigenvalue weighted by atomic mass is 35.5. The van der Waals surface area contributed by atoms with Gasteiger partial charge in [-0.25, -0.2) is 0 Å². The lowest BCUT2D eigenvalue weighted by atomic mass is 10.1. The summed E-state index contributed by atoms with van der Waals surface area (Å²) in [6.07, 6.45) is 0. The molecule has 1 nitrogen and oxygen atoms in total. The lowest BCUT2D eigenvalue weighted by molar-refractivity contribution is -0.0498. The molecule has 0 aliphatic heterocycles. The molecule has 6 heteroatoms. The van der Waals surface area contributed by atoms with Crippen molar-refractivity contribution in [3.05, 3.63) is 51.5 Å². The van der Waals surface area contributed by atoms with Crippen LogP contribution in [0.5, 0.6) is 5.75 Å². The van der Waals surface area contributed by atoms with Gasteiger partial charge in [-0.15, -0.1) is 0 Å². The second kappa shape index (κ2) is 5.95. The van der Waals surface area contributed by atoms with Crippen LogP contribution in [0.15, 0.2) is 36.4 Å². The summed E-state index contributed by atoms with van der Waals surface area (Å²) in [6, 6.07) is 9.38. The third-order valence-corrected chi connectivity index (χ3v) is 3.40. The molecule has 0 bridgehead atoms. The van der Waals surface area contributed by atoms with Crippen molar-refractivity contribution in [3.63, 3.8) is 0 Å². The van der Waals surface area contributed by atoms with Gasteiger partial charge in [0.1, 0.15) is 5.75 Å². The summed E-state index contributed by atoms with van der Waals surface area (Å²) in [5, 5.41) is 0.967. The summed E-state index contributed by atoms with van der Waals surface area (Å²) in [4.78, 5) is 0. The van der Waals surface area contributed by atoms with Crippen molar-refractivity contribution in [1.29, 1.82) is 0 Å². The van der Waals surface area contributed by atoms with Crippen molar-refractivity contribution in [2.75, 3.05) is 0 Å². The lowest BCUT2D eigenvalue weighted by Crippen LogP contribution is -2.01. The van der Waals surface area contributed by atoms with Gasteiger partial charge in [0.05, 0.1) is 10.0 Å². The molecule has 0 amide bonds. The maximum Gasteiger partial charge on any atom is 0.387 e. The molecule has 0 radical (unpaired) electrons. The molecule has 0 spiro atoms. The fourth-order valence-corrected chi connectivity index (χ4v) is 2.25. The third-order valence-electron chi connectivity index (χ3n) is 2.36. The van der Waals surface area contributed by atoms with Gasteiger partial charge in [-0.2, -0.15) is 8.78 Å². The SMILES string of the molecule is FC(F)Oc1cc(Cl)cc(-c2cccc(Cl)c2Cl)c1. The van der Waals surface area contributed by atoms with E-state index >= 15 is 0 Å². The predicted molar refractivity (Wildman–Crippen MR) is 73.5 cm³/mol. The van der Waals surface area contributed by atoms with Gasteiger partial charge in [0.2, 0.25) is 0 Å². The average Bonchev–Trinajstić information content (AvgIpc) is 2.31. The maximum atomic E-state index is 12.2. The Morgan fingerprint density at radius 2 is 1.74 bits per heavy atom. The standard InChI is InChI=1S/C13H7Cl3F2O/c14-8-4-7(5-9(6-8)19-13(17)18)10-2-1-3-11(15)12(10)16/h1-6,13H. The molecule has 2 aromatic carbocycles. The zero-order chi connectivity index (χ0) is 14.0. The van der Waals surface area contributed by atoms with Crippen LogP contribution in [0, 0.1) is 0 Å². The Kier molecular flexibility index (Phi) is 4.50. The molecular weight excluding hydrogens is 316 g/mol. The lowest BCUT2D eigenvalue weighted by Gasteiger charge is -2.10. The highest BCUT2D eigenvalue weighted by Gasteiger charge is 2.11. The minimum atomic E-state index is -2.92. The highest BCUT2D eigenvalue weighted by Crippen LogP contribution is 2.36. The van der Waals surface area contributed by atoms with Crippen molar-refractivity contribution >= 4 is 34.8 Å². The van der Waals surface area contributed by atoms with Gasteiger partial charge in [-0.3, -0.25) is 0 Å². The van der Waals surface area contributed by atoms with Crippen LogP contribution in [-0.2, 0) is 0 Å². The molecule has 0 N–H and O–H groups in total. The molecule has 2 rings (SSSR count). The molecule has 100 valence electrons. The largest absolute Gasteiger partial charge is 0.435 e. The first-order valence-corrected chi connectivity index (χ1v) is 6.30. The van der Waals surface area contributed by atoms with E-state index in [1.54, 1.807) is 24.3 Å². The van der Waals surface area contributed by atoms with Crippen LogP contribution in [-0.4, -0.2) is 6.61 Å². The Bertz CT molecular complexity index is 602. The maximum absolute atomic E-state index is 12.2. The number of rotatable bonds is 3. The predicted octanol–water partition coefficient (Wildman–Crippen LogP) is 5.92. The van der Waals surface area contributed by atoms with Gasteiger partial charge >= 0.3 is 6.61 Å². The van der Waals surface area contributed by atoms with Crippen LogP contribution in [0.1, 0.15) is 0 Å². The first-order chi connectivity index (χ1) is 8.97. The molecule has 0 fully saturated rings. The summed E-state index contributed by atoms with van der Waals surface area (Å²) >= 11 is 17.9. The second-order valence-corrected chi connectivity index (χ2v) is 4.88. The zero-order valence-corrected chi connectivity index (χ0v) is 11.6. The minimum absolute atomic E-state index is 0.0338. The molecule has 2 aromatic rings. The van der Waals surface area contributed by atoms with Crippen LogP contribution in [0.25, 0.3) is 11.1 Å². The summed E-state index contributed by atoms with van der Waals surface area (Å²) in [6.45, 7) is -2.92. The van der Waals surface area contributed by atoms with E-state index in [0.717, 1.165) is 0 Å². The van der Waals surface area contributed by atoms with Gasteiger partial charge < -0.3 is 4.74 Å². The molecule has 0 aliphatic carbocycles. The summed E-state index contributed by atoms with van der Waals surface area (Å²) in [5.74, 6) is -0.0338. The van der Waals surface area contributed by atoms with Crippen LogP contribution in [0.4, 0.5) is 8.78 Å². The van der Waals surface area contributed by atoms with E-state index in [4.69, 9.17) is 34.8 Å². The molecule has 0 aromatic heterocycles. The van der Waals surface area contributed by atoms with Gasteiger partial charge in [0, 0.05) is 10.6 Å². The Hall–Kier alpha value is -1.03. The average molecular weight is 324 g/mol. The van der Waals surface area contributed by atoms with E-state index in [1.807, 2.05) is 0 Å². The highest BCUT2D eigenvalue weighted by molar-refractivity contribution is 6.43. The Morgan fingerprint density at radius 3 is 2.42 bits per heavy atom. The van der Waals surface area contributed by atoms with Crippen molar-refractivity contribution in [2.45, 2.75) is 6.61 Å². The van der Waals surface area contributed by atoms with Crippen molar-refractivity contribution in [1.82, 2.24) is 0 Å². The number of benzene rings is 2. The monoisotopic (exact) mass is 322 g/mol. The number of ether oxygens (including phenoxy) is 1. The number of hydrogen-bond donors (Lipinski definition) is 0. The number of hydrogen-bond acceptors (Lipinski definition) is 1. The normalized spacial score (nSPS) is 10.8. The molecule has 0 saturated heterocycles. The smallest absolute Gasteiger partial charge is 0.387 e. The molecule has 19 heavy (non-hydrogen) atoms. The van der Waals surface area contributed by atoms with Crippen molar-refractivity contribution in [2.24, 2.45) is 0 Å². The van der Waals surface area contributed by atoms with E-state index < -0.39 is 6.61 Å². The summed E-state index contributed by atoms with van der Waals surface area (Å²) in [5.41, 5.74) is 1.14. The molecule has 0 heterocycles. The van der Waals surface area contributed by atoms with E-state index in [-0.39, 0.29) is 10.8 Å². The molecule has 0 atom stereocenters. The summed E-state index contributed by atoms with van der Waals surface area (Å²) < 4.78 is 28.8. The van der Waals surface area contributed by atoms with Crippen LogP contribution in [0.2, 0.25) is 15.1 Å². The fourth-order valence-electron chi connectivity index (χ4n) is 1.62. The Balaban J connectivity index is 2.50. The fraction of sp³-hybridized carbons (Fsp3) is 0.0769. The zero-order valence-electron chi connectivity index (χ0n) is 9.34. The Labute approximate surface area is 123 Å². The van der Waals surface area contributed by atoms with Crippen molar-refractivity contribution in [3.8, 4) is 16.9 Å². The molecule has 0 unspecified atom stereocenters. The summed E-state index contributed by atoms with van der Waals surface area (Å²) in [7, 11) is 0. The van der Waals surface area contributed by atoms with Crippen molar-refractivity contribution < 1.29 is 13.5 Å². The van der Waals surface area contributed by atoms with E-state index in [9.17, 15) is 8.78 Å². The molecule has 0 saturated carbocycles. The van der Waals surface area contributed by atoms with E-state index in [0.29, 0.717) is 21.2 Å². The van der Waals surface area contributed by atoms with Gasteiger partial charge in [0.25, 0.3) is 0 Å². The first kappa shape index (κ1) is 14.4. The van der Waals surface area contributed by atoms with Gasteiger partial charge in [0.15, 0.2) is 0 Å². The first-order valence-electron chi connectivity index (χ1n) is 5.17. The molecule has 0 aliphatic rings. The van der Waals surface area contributed by atoms with Crippen LogP contribution < -0.4 is 4.74 Å². The second-order valence-electron chi connectivity index (χ2n) is 3.66. The Morgan fingerprint density at radius 1 is 1.00 bits per heavy atom. The molecular formula is C13H7Cl3F2O. The van der Waals surface area contributed by atoms with E-state index in [2.05, 4.69) is 4.74 Å². The van der Waals surface area contributed by atoms with Gasteiger partial charge in [-0.1, -0.05) is 46.9 Å². The van der Waals surface area contributed by atoms with Crippen LogP contribution >= 0.6 is 34.8 Å². The number of alkyl halides is 2. The quantitative estimate of drug-likeness (QED) is 0.681. The number of halogens is 5. The van der Waals surface area contributed by atoms with Gasteiger partial charge in [-0.05, 0) is 29.8 Å². The topological polar surface area (TPSA) is 9.23 Å².